The van der Waals surface area contributed by atoms with Gasteiger partial charge in [0.05, 0.1) is 11.6 Å². The van der Waals surface area contributed by atoms with Gasteiger partial charge in [-0.15, -0.1) is 0 Å². The van der Waals surface area contributed by atoms with Crippen LogP contribution in [0, 0.1) is 12.7 Å². The fourth-order valence-electron chi connectivity index (χ4n) is 4.18. The lowest BCUT2D eigenvalue weighted by atomic mass is 10.0. The van der Waals surface area contributed by atoms with Crippen molar-refractivity contribution in [1.82, 2.24) is 14.9 Å². The molecule has 5 aromatic rings. The van der Waals surface area contributed by atoms with E-state index >= 15 is 0 Å². The van der Waals surface area contributed by atoms with Gasteiger partial charge in [0, 0.05) is 50.9 Å². The van der Waals surface area contributed by atoms with Gasteiger partial charge in [-0.05, 0) is 67.9 Å². The molecule has 2 heterocycles. The van der Waals surface area contributed by atoms with Crippen molar-refractivity contribution in [3.63, 3.8) is 0 Å². The summed E-state index contributed by atoms with van der Waals surface area (Å²) in [7, 11) is 0. The third-order valence-electron chi connectivity index (χ3n) is 6.12. The Hall–Kier alpha value is -3.96. The second-order valence-electron chi connectivity index (χ2n) is 8.53. The first-order valence-corrected chi connectivity index (χ1v) is 11.7. The van der Waals surface area contributed by atoms with E-state index in [1.54, 1.807) is 18.3 Å². The molecule has 1 N–H and O–H groups in total. The smallest absolute Gasteiger partial charge is 0.251 e. The molecule has 4 nitrogen and oxygen atoms in total. The molecule has 0 saturated carbocycles. The number of rotatable bonds is 5. The molecule has 0 fully saturated rings. The Labute approximate surface area is 208 Å². The highest BCUT2D eigenvalue weighted by Crippen LogP contribution is 2.36. The Kier molecular flexibility index (Phi) is 6.10. The lowest BCUT2D eigenvalue weighted by molar-refractivity contribution is 0.0940. The van der Waals surface area contributed by atoms with Gasteiger partial charge in [0.15, 0.2) is 0 Å². The molecule has 0 spiro atoms. The number of carbonyl (C=O) groups excluding carboxylic acids is 1. The molecule has 0 aliphatic heterocycles. The molecule has 0 radical (unpaired) electrons. The zero-order chi connectivity index (χ0) is 24.5. The van der Waals surface area contributed by atoms with Crippen molar-refractivity contribution in [3.8, 4) is 16.8 Å². The van der Waals surface area contributed by atoms with Gasteiger partial charge >= 0.3 is 0 Å². The third kappa shape index (κ3) is 4.55. The number of halogens is 2. The first-order chi connectivity index (χ1) is 16.9. The van der Waals surface area contributed by atoms with Crippen LogP contribution < -0.4 is 5.32 Å². The minimum Gasteiger partial charge on any atom is -0.345 e. The zero-order valence-electron chi connectivity index (χ0n) is 19.3. The van der Waals surface area contributed by atoms with Crippen molar-refractivity contribution in [3.05, 3.63) is 119 Å². The van der Waals surface area contributed by atoms with Gasteiger partial charge < -0.3 is 9.88 Å². The Bertz CT molecular complexity index is 1520. The van der Waals surface area contributed by atoms with Gasteiger partial charge in [0.1, 0.15) is 5.82 Å². The average molecular weight is 484 g/mol. The maximum Gasteiger partial charge on any atom is 0.251 e. The van der Waals surface area contributed by atoms with Crippen LogP contribution in [0.2, 0.25) is 5.02 Å². The quantitative estimate of drug-likeness (QED) is 0.285. The number of pyridine rings is 1. The van der Waals surface area contributed by atoms with Crippen molar-refractivity contribution < 1.29 is 9.18 Å². The fraction of sp³-hybridized carbons (Fsp3) is 0.103. The SMILES string of the molecule is Cc1ccc([C@@H](C)NC(=O)c2ccc3c(-c4ccccc4Cl)cn(-c4ccc(F)cc4)c3c2)cn1. The molecule has 0 saturated heterocycles. The lowest BCUT2D eigenvalue weighted by Gasteiger charge is -2.14. The maximum atomic E-state index is 13.6. The van der Waals surface area contributed by atoms with Crippen LogP contribution >= 0.6 is 11.6 Å². The number of benzene rings is 3. The number of carbonyl (C=O) groups is 1. The molecule has 174 valence electrons. The van der Waals surface area contributed by atoms with E-state index in [0.717, 1.165) is 39.0 Å². The summed E-state index contributed by atoms with van der Waals surface area (Å²) in [5.74, 6) is -0.498. The van der Waals surface area contributed by atoms with E-state index in [9.17, 15) is 9.18 Å². The number of aryl methyl sites for hydroxylation is 1. The second-order valence-corrected chi connectivity index (χ2v) is 8.94. The minimum absolute atomic E-state index is 0.189. The van der Waals surface area contributed by atoms with Gasteiger partial charge in [-0.2, -0.15) is 0 Å². The molecule has 3 aromatic carbocycles. The summed E-state index contributed by atoms with van der Waals surface area (Å²) in [6.07, 6.45) is 3.75. The van der Waals surface area contributed by atoms with Crippen LogP contribution in [0.4, 0.5) is 4.39 Å². The molecular weight excluding hydrogens is 461 g/mol. The number of hydrogen-bond donors (Lipinski definition) is 1. The van der Waals surface area contributed by atoms with Crippen LogP contribution in [-0.2, 0) is 0 Å². The summed E-state index contributed by atoms with van der Waals surface area (Å²) in [5, 5.41) is 4.62. The summed E-state index contributed by atoms with van der Waals surface area (Å²) in [5.41, 5.74) is 5.81. The normalized spacial score (nSPS) is 12.0. The molecule has 1 amide bonds. The monoisotopic (exact) mass is 483 g/mol. The molecule has 0 aliphatic rings. The summed E-state index contributed by atoms with van der Waals surface area (Å²) >= 11 is 6.51. The molecule has 0 bridgehead atoms. The summed E-state index contributed by atoms with van der Waals surface area (Å²) < 4.78 is 15.6. The van der Waals surface area contributed by atoms with Crippen LogP contribution in [-0.4, -0.2) is 15.5 Å². The Morgan fingerprint density at radius 1 is 1.00 bits per heavy atom. The summed E-state index contributed by atoms with van der Waals surface area (Å²) in [4.78, 5) is 17.5. The van der Waals surface area contributed by atoms with E-state index in [0.29, 0.717) is 10.6 Å². The van der Waals surface area contributed by atoms with Crippen LogP contribution in [0.15, 0.2) is 91.3 Å². The standard InChI is InChI=1S/C29H23ClFN3O/c1-18-7-8-21(16-32-18)19(2)33-29(35)20-9-14-25-26(24-5-3-4-6-27(24)30)17-34(28(25)15-20)23-12-10-22(31)11-13-23/h3-17,19H,1-2H3,(H,33,35)/t19-/m1/s1. The summed E-state index contributed by atoms with van der Waals surface area (Å²) in [6.45, 7) is 3.86. The number of aromatic nitrogens is 2. The Balaban J connectivity index is 1.58. The molecule has 35 heavy (non-hydrogen) atoms. The third-order valence-corrected chi connectivity index (χ3v) is 6.45. The topological polar surface area (TPSA) is 46.9 Å². The highest BCUT2D eigenvalue weighted by molar-refractivity contribution is 6.33. The van der Waals surface area contributed by atoms with E-state index in [1.165, 1.54) is 12.1 Å². The lowest BCUT2D eigenvalue weighted by Crippen LogP contribution is -2.26. The van der Waals surface area contributed by atoms with Gasteiger partial charge in [-0.25, -0.2) is 4.39 Å². The highest BCUT2D eigenvalue weighted by atomic mass is 35.5. The highest BCUT2D eigenvalue weighted by Gasteiger charge is 2.17. The second kappa shape index (κ2) is 9.35. The first kappa shape index (κ1) is 22.8. The van der Waals surface area contributed by atoms with Crippen LogP contribution in [0.5, 0.6) is 0 Å². The molecule has 5 rings (SSSR count). The molecule has 2 aromatic heterocycles. The van der Waals surface area contributed by atoms with E-state index in [4.69, 9.17) is 11.6 Å². The number of nitrogens with zero attached hydrogens (tertiary/aromatic N) is 2. The van der Waals surface area contributed by atoms with Crippen molar-refractivity contribution in [2.75, 3.05) is 0 Å². The molecule has 6 heteroatoms. The predicted octanol–water partition coefficient (Wildman–Crippen LogP) is 7.28. The number of nitrogens with one attached hydrogen (secondary N) is 1. The maximum absolute atomic E-state index is 13.6. The first-order valence-electron chi connectivity index (χ1n) is 11.3. The molecular formula is C29H23ClFN3O. The molecule has 0 unspecified atom stereocenters. The van der Waals surface area contributed by atoms with E-state index in [2.05, 4.69) is 10.3 Å². The minimum atomic E-state index is -0.309. The van der Waals surface area contributed by atoms with E-state index in [1.807, 2.05) is 79.2 Å². The van der Waals surface area contributed by atoms with Gasteiger partial charge in [0.2, 0.25) is 0 Å². The Morgan fingerprint density at radius 3 is 2.49 bits per heavy atom. The van der Waals surface area contributed by atoms with Crippen molar-refractivity contribution in [2.24, 2.45) is 0 Å². The zero-order valence-corrected chi connectivity index (χ0v) is 20.1. The van der Waals surface area contributed by atoms with Crippen molar-refractivity contribution >= 4 is 28.4 Å². The van der Waals surface area contributed by atoms with Gasteiger partial charge in [-0.1, -0.05) is 41.9 Å². The largest absolute Gasteiger partial charge is 0.345 e. The fourth-order valence-corrected chi connectivity index (χ4v) is 4.41. The van der Waals surface area contributed by atoms with E-state index in [-0.39, 0.29) is 17.8 Å². The van der Waals surface area contributed by atoms with E-state index < -0.39 is 0 Å². The van der Waals surface area contributed by atoms with Crippen LogP contribution in [0.3, 0.4) is 0 Å². The van der Waals surface area contributed by atoms with Crippen LogP contribution in [0.25, 0.3) is 27.7 Å². The van der Waals surface area contributed by atoms with Crippen molar-refractivity contribution in [1.29, 1.82) is 0 Å². The van der Waals surface area contributed by atoms with Crippen LogP contribution in [0.1, 0.15) is 34.6 Å². The summed E-state index contributed by atoms with van der Waals surface area (Å²) in [6, 6.07) is 23.2. The number of hydrogen-bond acceptors (Lipinski definition) is 2. The molecule has 0 aliphatic carbocycles. The average Bonchev–Trinajstić information content (AvgIpc) is 3.24. The Morgan fingerprint density at radius 2 is 1.77 bits per heavy atom. The molecule has 1 atom stereocenters. The number of fused-ring (bicyclic) bond motifs is 1. The van der Waals surface area contributed by atoms with Gasteiger partial charge in [-0.3, -0.25) is 9.78 Å². The van der Waals surface area contributed by atoms with Crippen molar-refractivity contribution in [2.45, 2.75) is 19.9 Å². The van der Waals surface area contributed by atoms with Gasteiger partial charge in [0.25, 0.3) is 5.91 Å². The predicted molar refractivity (Wildman–Crippen MR) is 139 cm³/mol. The number of amides is 1.